The normalized spacial score (nSPS) is 13.4. The van der Waals surface area contributed by atoms with Crippen molar-refractivity contribution in [1.29, 1.82) is 0 Å². The van der Waals surface area contributed by atoms with E-state index >= 15 is 0 Å². The van der Waals surface area contributed by atoms with E-state index in [0.29, 0.717) is 5.69 Å². The average molecular weight is 142 g/mol. The summed E-state index contributed by atoms with van der Waals surface area (Å²) in [7, 11) is 0. The molecule has 0 amide bonds. The van der Waals surface area contributed by atoms with Gasteiger partial charge in [-0.2, -0.15) is 5.10 Å². The van der Waals surface area contributed by atoms with Crippen LogP contribution in [0.2, 0.25) is 0 Å². The predicted octanol–water partition coefficient (Wildman–Crippen LogP) is -0.442. The molecule has 5 heteroatoms. The topological polar surface area (TPSA) is 90.1 Å². The molecule has 1 aromatic heterocycles. The third-order valence-corrected chi connectivity index (χ3v) is 1.17. The third-order valence-electron chi connectivity index (χ3n) is 1.17. The first kappa shape index (κ1) is 6.88. The number of nitrogen functional groups attached to an aromatic ring is 2. The average Bonchev–Trinajstić information content (AvgIpc) is 2.13. The number of aliphatic hydroxyl groups excluding tert-OH is 1. The quantitative estimate of drug-likeness (QED) is 0.495. The van der Waals surface area contributed by atoms with E-state index in [-0.39, 0.29) is 5.82 Å². The second-order valence-electron chi connectivity index (χ2n) is 2.08. The zero-order valence-corrected chi connectivity index (χ0v) is 5.65. The molecule has 0 aliphatic rings. The van der Waals surface area contributed by atoms with Crippen LogP contribution in [-0.4, -0.2) is 14.9 Å². The fourth-order valence-electron chi connectivity index (χ4n) is 0.611. The van der Waals surface area contributed by atoms with Crippen molar-refractivity contribution >= 4 is 11.5 Å². The van der Waals surface area contributed by atoms with Crippen LogP contribution in [0.3, 0.4) is 0 Å². The zero-order valence-electron chi connectivity index (χ0n) is 5.65. The van der Waals surface area contributed by atoms with Gasteiger partial charge in [0.15, 0.2) is 5.82 Å². The lowest BCUT2D eigenvalue weighted by atomic mass is 10.5. The van der Waals surface area contributed by atoms with E-state index < -0.39 is 6.23 Å². The van der Waals surface area contributed by atoms with Gasteiger partial charge in [0.1, 0.15) is 6.23 Å². The van der Waals surface area contributed by atoms with Crippen LogP contribution in [0.15, 0.2) is 6.20 Å². The van der Waals surface area contributed by atoms with Crippen LogP contribution in [0.25, 0.3) is 0 Å². The van der Waals surface area contributed by atoms with Gasteiger partial charge in [-0.25, -0.2) is 4.68 Å². The smallest absolute Gasteiger partial charge is 0.168 e. The number of hydrogen-bond donors (Lipinski definition) is 3. The molecule has 1 heterocycles. The van der Waals surface area contributed by atoms with Crippen molar-refractivity contribution in [1.82, 2.24) is 9.78 Å². The molecule has 0 aromatic carbocycles. The molecule has 0 fully saturated rings. The Morgan fingerprint density at radius 1 is 1.70 bits per heavy atom. The molecule has 0 radical (unpaired) electrons. The standard InChI is InChI=1S/C5H10N4O/c1-3(10)9-2-4(6)5(7)8-9/h2-3,10H,6H2,1H3,(H2,7,8). The van der Waals surface area contributed by atoms with Crippen molar-refractivity contribution in [2.45, 2.75) is 13.2 Å². The van der Waals surface area contributed by atoms with E-state index in [4.69, 9.17) is 16.6 Å². The predicted molar refractivity (Wildman–Crippen MR) is 38.0 cm³/mol. The van der Waals surface area contributed by atoms with E-state index in [1.807, 2.05) is 0 Å². The molecule has 5 N–H and O–H groups in total. The van der Waals surface area contributed by atoms with Gasteiger partial charge in [0.2, 0.25) is 0 Å². The first-order chi connectivity index (χ1) is 4.61. The largest absolute Gasteiger partial charge is 0.394 e. The Morgan fingerprint density at radius 2 is 2.30 bits per heavy atom. The molecule has 0 saturated carbocycles. The van der Waals surface area contributed by atoms with Crippen LogP contribution in [0.1, 0.15) is 13.2 Å². The first-order valence-corrected chi connectivity index (χ1v) is 2.89. The Bertz CT molecular complexity index is 210. The highest BCUT2D eigenvalue weighted by Gasteiger charge is 2.03. The maximum atomic E-state index is 8.95. The second kappa shape index (κ2) is 2.18. The highest BCUT2D eigenvalue weighted by molar-refractivity contribution is 5.56. The van der Waals surface area contributed by atoms with E-state index in [1.165, 1.54) is 10.9 Å². The summed E-state index contributed by atoms with van der Waals surface area (Å²) < 4.78 is 1.30. The number of aliphatic hydroxyl groups is 1. The first-order valence-electron chi connectivity index (χ1n) is 2.89. The third kappa shape index (κ3) is 1.03. The molecule has 10 heavy (non-hydrogen) atoms. The van der Waals surface area contributed by atoms with Gasteiger partial charge in [-0.15, -0.1) is 0 Å². The van der Waals surface area contributed by atoms with E-state index in [2.05, 4.69) is 5.10 Å². The molecule has 0 spiro atoms. The number of aromatic nitrogens is 2. The van der Waals surface area contributed by atoms with Gasteiger partial charge in [0.25, 0.3) is 0 Å². The molecule has 56 valence electrons. The molecule has 5 nitrogen and oxygen atoms in total. The molecule has 1 unspecified atom stereocenters. The number of rotatable bonds is 1. The van der Waals surface area contributed by atoms with Crippen LogP contribution in [0, 0.1) is 0 Å². The molecular weight excluding hydrogens is 132 g/mol. The lowest BCUT2D eigenvalue weighted by Crippen LogP contribution is -2.04. The number of anilines is 2. The van der Waals surface area contributed by atoms with Gasteiger partial charge >= 0.3 is 0 Å². The maximum absolute atomic E-state index is 8.95. The summed E-state index contributed by atoms with van der Waals surface area (Å²) in [6.07, 6.45) is 0.805. The lowest BCUT2D eigenvalue weighted by molar-refractivity contribution is 0.111. The fourth-order valence-corrected chi connectivity index (χ4v) is 0.611. The van der Waals surface area contributed by atoms with Crippen LogP contribution in [0.5, 0.6) is 0 Å². The maximum Gasteiger partial charge on any atom is 0.168 e. The summed E-state index contributed by atoms with van der Waals surface area (Å²) in [5.74, 6) is 0.251. The summed E-state index contributed by atoms with van der Waals surface area (Å²) in [6.45, 7) is 1.58. The Hall–Kier alpha value is -1.23. The number of nitrogens with zero attached hydrogens (tertiary/aromatic N) is 2. The van der Waals surface area contributed by atoms with Crippen molar-refractivity contribution in [3.05, 3.63) is 6.20 Å². The molecular formula is C5H10N4O. The van der Waals surface area contributed by atoms with Gasteiger partial charge in [-0.05, 0) is 6.92 Å². The van der Waals surface area contributed by atoms with Gasteiger partial charge < -0.3 is 16.6 Å². The minimum absolute atomic E-state index is 0.251. The van der Waals surface area contributed by atoms with Gasteiger partial charge in [0, 0.05) is 0 Å². The summed E-state index contributed by atoms with van der Waals surface area (Å²) in [4.78, 5) is 0. The second-order valence-corrected chi connectivity index (χ2v) is 2.08. The Labute approximate surface area is 58.2 Å². The minimum Gasteiger partial charge on any atom is -0.394 e. The molecule has 0 aliphatic carbocycles. The molecule has 1 rings (SSSR count). The Morgan fingerprint density at radius 3 is 2.50 bits per heavy atom. The van der Waals surface area contributed by atoms with Crippen molar-refractivity contribution in [3.8, 4) is 0 Å². The van der Waals surface area contributed by atoms with Gasteiger partial charge in [0.05, 0.1) is 11.9 Å². The van der Waals surface area contributed by atoms with Crippen LogP contribution in [-0.2, 0) is 0 Å². The molecule has 1 aromatic rings. The molecule has 0 aliphatic heterocycles. The summed E-state index contributed by atoms with van der Waals surface area (Å²) in [6, 6.07) is 0. The number of hydrogen-bond acceptors (Lipinski definition) is 4. The summed E-state index contributed by atoms with van der Waals surface area (Å²) in [5, 5.41) is 12.7. The molecule has 0 bridgehead atoms. The van der Waals surface area contributed by atoms with E-state index in [0.717, 1.165) is 0 Å². The number of nitrogens with two attached hydrogens (primary N) is 2. The minimum atomic E-state index is -0.681. The fraction of sp³-hybridized carbons (Fsp3) is 0.400. The molecule has 1 atom stereocenters. The van der Waals surface area contributed by atoms with Gasteiger partial charge in [-0.3, -0.25) is 0 Å². The van der Waals surface area contributed by atoms with Crippen LogP contribution >= 0.6 is 0 Å². The summed E-state index contributed by atoms with van der Waals surface area (Å²) >= 11 is 0. The highest BCUT2D eigenvalue weighted by Crippen LogP contribution is 2.12. The van der Waals surface area contributed by atoms with E-state index in [1.54, 1.807) is 6.92 Å². The Kier molecular flexibility index (Phi) is 1.50. The van der Waals surface area contributed by atoms with Crippen LogP contribution < -0.4 is 11.5 Å². The van der Waals surface area contributed by atoms with Crippen LogP contribution in [0.4, 0.5) is 11.5 Å². The Balaban J connectivity index is 2.98. The van der Waals surface area contributed by atoms with E-state index in [9.17, 15) is 0 Å². The monoisotopic (exact) mass is 142 g/mol. The lowest BCUT2D eigenvalue weighted by Gasteiger charge is -2.01. The SMILES string of the molecule is CC(O)n1cc(N)c(N)n1. The van der Waals surface area contributed by atoms with Crippen molar-refractivity contribution in [3.63, 3.8) is 0 Å². The molecule has 0 saturated heterocycles. The zero-order chi connectivity index (χ0) is 7.72. The van der Waals surface area contributed by atoms with Crippen molar-refractivity contribution < 1.29 is 5.11 Å². The summed E-state index contributed by atoms with van der Waals surface area (Å²) in [5.41, 5.74) is 11.1. The van der Waals surface area contributed by atoms with Crippen molar-refractivity contribution in [2.24, 2.45) is 0 Å². The van der Waals surface area contributed by atoms with Crippen molar-refractivity contribution in [2.75, 3.05) is 11.5 Å². The van der Waals surface area contributed by atoms with Gasteiger partial charge in [-0.1, -0.05) is 0 Å². The highest BCUT2D eigenvalue weighted by atomic mass is 16.3.